The van der Waals surface area contributed by atoms with E-state index in [1.807, 2.05) is 26.8 Å². The standard InChI is InChI=1S/C13H18N2O3/c1-7-6-8(2)10(11(18-5)9(7)3)15(4)13(17)12(14)16/h6H,1-5H3,(H2,14,16). The predicted molar refractivity (Wildman–Crippen MR) is 69.8 cm³/mol. The number of primary amides is 1. The largest absolute Gasteiger partial charge is 0.494 e. The quantitative estimate of drug-likeness (QED) is 0.798. The Morgan fingerprint density at radius 1 is 1.22 bits per heavy atom. The summed E-state index contributed by atoms with van der Waals surface area (Å²) >= 11 is 0. The smallest absolute Gasteiger partial charge is 0.315 e. The molecule has 0 aliphatic rings. The molecule has 0 spiro atoms. The molecule has 98 valence electrons. The molecule has 0 atom stereocenters. The van der Waals surface area contributed by atoms with Gasteiger partial charge >= 0.3 is 11.8 Å². The van der Waals surface area contributed by atoms with Crippen LogP contribution in [0.25, 0.3) is 0 Å². The van der Waals surface area contributed by atoms with Gasteiger partial charge in [-0.05, 0) is 37.5 Å². The van der Waals surface area contributed by atoms with Crippen LogP contribution in [0.15, 0.2) is 6.07 Å². The first-order chi connectivity index (χ1) is 8.31. The minimum atomic E-state index is -0.989. The summed E-state index contributed by atoms with van der Waals surface area (Å²) < 4.78 is 5.34. The highest BCUT2D eigenvalue weighted by Gasteiger charge is 2.23. The highest BCUT2D eigenvalue weighted by Crippen LogP contribution is 2.36. The van der Waals surface area contributed by atoms with E-state index in [1.165, 1.54) is 19.1 Å². The molecule has 5 heteroatoms. The van der Waals surface area contributed by atoms with Gasteiger partial charge in [-0.3, -0.25) is 9.59 Å². The lowest BCUT2D eigenvalue weighted by Gasteiger charge is -2.23. The van der Waals surface area contributed by atoms with Crippen LogP contribution in [-0.4, -0.2) is 26.0 Å². The zero-order valence-electron chi connectivity index (χ0n) is 11.3. The van der Waals surface area contributed by atoms with Gasteiger partial charge in [0.15, 0.2) is 0 Å². The fourth-order valence-corrected chi connectivity index (χ4v) is 1.97. The van der Waals surface area contributed by atoms with E-state index < -0.39 is 11.8 Å². The molecule has 1 rings (SSSR count). The van der Waals surface area contributed by atoms with Gasteiger partial charge in [-0.2, -0.15) is 0 Å². The molecule has 0 heterocycles. The summed E-state index contributed by atoms with van der Waals surface area (Å²) in [6.45, 7) is 5.72. The highest BCUT2D eigenvalue weighted by molar-refractivity contribution is 6.39. The van der Waals surface area contributed by atoms with E-state index in [-0.39, 0.29) is 0 Å². The summed E-state index contributed by atoms with van der Waals surface area (Å²) in [5.74, 6) is -1.17. The Balaban J connectivity index is 3.44. The second-order valence-corrected chi connectivity index (χ2v) is 4.25. The van der Waals surface area contributed by atoms with Crippen molar-refractivity contribution >= 4 is 17.5 Å². The van der Waals surface area contributed by atoms with Crippen LogP contribution in [-0.2, 0) is 9.59 Å². The number of hydrogen-bond acceptors (Lipinski definition) is 3. The lowest BCUT2D eigenvalue weighted by Crippen LogP contribution is -2.38. The van der Waals surface area contributed by atoms with Crippen LogP contribution < -0.4 is 15.4 Å². The van der Waals surface area contributed by atoms with Crippen molar-refractivity contribution < 1.29 is 14.3 Å². The summed E-state index contributed by atoms with van der Waals surface area (Å²) in [5.41, 5.74) is 8.44. The van der Waals surface area contributed by atoms with Gasteiger partial charge in [-0.25, -0.2) is 0 Å². The number of anilines is 1. The van der Waals surface area contributed by atoms with E-state index in [1.54, 1.807) is 0 Å². The molecule has 1 aromatic rings. The predicted octanol–water partition coefficient (Wildman–Crippen LogP) is 1.07. The molecule has 0 bridgehead atoms. The number of rotatable bonds is 2. The number of likely N-dealkylation sites (N-methyl/N-ethyl adjacent to an activating group) is 1. The molecule has 0 aromatic heterocycles. The van der Waals surface area contributed by atoms with E-state index in [9.17, 15) is 9.59 Å². The van der Waals surface area contributed by atoms with Crippen molar-refractivity contribution in [3.05, 3.63) is 22.8 Å². The molecule has 2 N–H and O–H groups in total. The van der Waals surface area contributed by atoms with E-state index >= 15 is 0 Å². The molecule has 0 aliphatic heterocycles. The maximum Gasteiger partial charge on any atom is 0.315 e. The van der Waals surface area contributed by atoms with Crippen LogP contribution in [0.2, 0.25) is 0 Å². The lowest BCUT2D eigenvalue weighted by molar-refractivity contribution is -0.135. The summed E-state index contributed by atoms with van der Waals surface area (Å²) in [6, 6.07) is 1.94. The summed E-state index contributed by atoms with van der Waals surface area (Å²) in [6.07, 6.45) is 0. The maximum absolute atomic E-state index is 11.7. The van der Waals surface area contributed by atoms with Gasteiger partial charge < -0.3 is 15.4 Å². The van der Waals surface area contributed by atoms with Crippen LogP contribution in [0, 0.1) is 20.8 Å². The second kappa shape index (κ2) is 5.08. The zero-order chi connectivity index (χ0) is 14.0. The number of carbonyl (C=O) groups excluding carboxylic acids is 2. The van der Waals surface area contributed by atoms with Crippen LogP contribution in [0.5, 0.6) is 5.75 Å². The average molecular weight is 250 g/mol. The Morgan fingerprint density at radius 3 is 2.22 bits per heavy atom. The van der Waals surface area contributed by atoms with Gasteiger partial charge in [0.1, 0.15) is 5.75 Å². The molecular weight excluding hydrogens is 232 g/mol. The molecular formula is C13H18N2O3. The van der Waals surface area contributed by atoms with Crippen molar-refractivity contribution in [2.24, 2.45) is 5.73 Å². The molecule has 2 amide bonds. The molecule has 0 aliphatic carbocycles. The Morgan fingerprint density at radius 2 is 1.78 bits per heavy atom. The van der Waals surface area contributed by atoms with E-state index in [2.05, 4.69) is 0 Å². The number of aryl methyl sites for hydroxylation is 2. The fourth-order valence-electron chi connectivity index (χ4n) is 1.97. The van der Waals surface area contributed by atoms with Gasteiger partial charge in [0.25, 0.3) is 0 Å². The summed E-state index contributed by atoms with van der Waals surface area (Å²) in [5, 5.41) is 0. The van der Waals surface area contributed by atoms with Crippen molar-refractivity contribution in [2.75, 3.05) is 19.1 Å². The number of methoxy groups -OCH3 is 1. The Kier molecular flexibility index (Phi) is 3.96. The number of carbonyl (C=O) groups is 2. The minimum absolute atomic E-state index is 0.574. The third-order valence-electron chi connectivity index (χ3n) is 3.01. The second-order valence-electron chi connectivity index (χ2n) is 4.25. The molecule has 0 saturated heterocycles. The maximum atomic E-state index is 11.7. The van der Waals surface area contributed by atoms with Gasteiger partial charge in [0.2, 0.25) is 0 Å². The summed E-state index contributed by atoms with van der Waals surface area (Å²) in [4.78, 5) is 23.8. The van der Waals surface area contributed by atoms with Crippen LogP contribution in [0.4, 0.5) is 5.69 Å². The van der Waals surface area contributed by atoms with Gasteiger partial charge in [0, 0.05) is 7.05 Å². The Hall–Kier alpha value is -2.04. The SMILES string of the molecule is COc1c(C)c(C)cc(C)c1N(C)C(=O)C(N)=O. The highest BCUT2D eigenvalue weighted by atomic mass is 16.5. The van der Waals surface area contributed by atoms with Crippen molar-refractivity contribution in [1.29, 1.82) is 0 Å². The fraction of sp³-hybridized carbons (Fsp3) is 0.385. The van der Waals surface area contributed by atoms with E-state index in [4.69, 9.17) is 10.5 Å². The minimum Gasteiger partial charge on any atom is -0.494 e. The Labute approximate surface area is 107 Å². The van der Waals surface area contributed by atoms with Crippen molar-refractivity contribution in [3.8, 4) is 5.75 Å². The first-order valence-electron chi connectivity index (χ1n) is 5.53. The topological polar surface area (TPSA) is 72.6 Å². The molecule has 18 heavy (non-hydrogen) atoms. The zero-order valence-corrected chi connectivity index (χ0v) is 11.3. The Bertz CT molecular complexity index is 509. The molecule has 0 unspecified atom stereocenters. The van der Waals surface area contributed by atoms with Crippen molar-refractivity contribution in [1.82, 2.24) is 0 Å². The molecule has 1 aromatic carbocycles. The van der Waals surface area contributed by atoms with Crippen molar-refractivity contribution in [3.63, 3.8) is 0 Å². The lowest BCUT2D eigenvalue weighted by atomic mass is 10.0. The van der Waals surface area contributed by atoms with E-state index in [0.717, 1.165) is 16.7 Å². The van der Waals surface area contributed by atoms with Crippen LogP contribution >= 0.6 is 0 Å². The first-order valence-corrected chi connectivity index (χ1v) is 5.53. The summed E-state index contributed by atoms with van der Waals surface area (Å²) in [7, 11) is 3.04. The third-order valence-corrected chi connectivity index (χ3v) is 3.01. The normalized spacial score (nSPS) is 10.1. The first kappa shape index (κ1) is 14.0. The van der Waals surface area contributed by atoms with Gasteiger partial charge in [0.05, 0.1) is 12.8 Å². The number of ether oxygens (including phenoxy) is 1. The van der Waals surface area contributed by atoms with Crippen molar-refractivity contribution in [2.45, 2.75) is 20.8 Å². The molecule has 0 saturated carbocycles. The number of benzene rings is 1. The van der Waals surface area contributed by atoms with Gasteiger partial charge in [-0.1, -0.05) is 6.07 Å². The van der Waals surface area contributed by atoms with Crippen LogP contribution in [0.3, 0.4) is 0 Å². The molecule has 0 radical (unpaired) electrons. The number of amides is 2. The molecule has 5 nitrogen and oxygen atoms in total. The number of hydrogen-bond donors (Lipinski definition) is 1. The number of nitrogens with two attached hydrogens (primary N) is 1. The van der Waals surface area contributed by atoms with Gasteiger partial charge in [-0.15, -0.1) is 0 Å². The van der Waals surface area contributed by atoms with E-state index in [0.29, 0.717) is 11.4 Å². The van der Waals surface area contributed by atoms with Crippen LogP contribution in [0.1, 0.15) is 16.7 Å². The monoisotopic (exact) mass is 250 g/mol. The molecule has 0 fully saturated rings. The number of nitrogens with zero attached hydrogens (tertiary/aromatic N) is 1. The third kappa shape index (κ3) is 2.30. The average Bonchev–Trinajstić information content (AvgIpc) is 2.31.